The number of nitrogens with one attached hydrogen (secondary N) is 1. The summed E-state index contributed by atoms with van der Waals surface area (Å²) in [5, 5.41) is 3.16. The maximum atomic E-state index is 6.13. The van der Waals surface area contributed by atoms with Gasteiger partial charge in [0.15, 0.2) is 5.96 Å². The Morgan fingerprint density at radius 1 is 1.22 bits per heavy atom. The van der Waals surface area contributed by atoms with Crippen LogP contribution in [-0.4, -0.2) is 32.3 Å². The van der Waals surface area contributed by atoms with Crippen LogP contribution in [0.2, 0.25) is 0 Å². The molecule has 2 rings (SSSR count). The summed E-state index contributed by atoms with van der Waals surface area (Å²) in [6, 6.07) is 7.83. The van der Waals surface area contributed by atoms with Gasteiger partial charge >= 0.3 is 0 Å². The molecule has 0 aromatic heterocycles. The van der Waals surface area contributed by atoms with Crippen LogP contribution in [0.15, 0.2) is 29.3 Å². The molecule has 0 saturated heterocycles. The molecule has 1 aliphatic rings. The van der Waals surface area contributed by atoms with E-state index in [0.29, 0.717) is 11.9 Å². The zero-order valence-corrected chi connectivity index (χ0v) is 14.8. The predicted molar refractivity (Wildman–Crippen MR) is 95.0 cm³/mol. The molecule has 3 atom stereocenters. The van der Waals surface area contributed by atoms with Gasteiger partial charge in [-0.05, 0) is 37.1 Å². The lowest BCUT2D eigenvalue weighted by molar-refractivity contribution is -0.156. The maximum Gasteiger partial charge on any atom is 0.193 e. The number of nitrogens with two attached hydrogens (primary N) is 1. The highest BCUT2D eigenvalue weighted by atomic mass is 16.5. The van der Waals surface area contributed by atoms with E-state index >= 15 is 0 Å². The lowest BCUT2D eigenvalue weighted by Crippen LogP contribution is -2.63. The van der Waals surface area contributed by atoms with Gasteiger partial charge in [-0.25, -0.2) is 4.99 Å². The molecule has 128 valence electrons. The van der Waals surface area contributed by atoms with E-state index in [1.165, 1.54) is 0 Å². The molecule has 0 radical (unpaired) electrons. The molecule has 3 unspecified atom stereocenters. The number of guanidine groups is 1. The van der Waals surface area contributed by atoms with Gasteiger partial charge in [0.2, 0.25) is 0 Å². The second-order valence-corrected chi connectivity index (χ2v) is 6.27. The van der Waals surface area contributed by atoms with E-state index < -0.39 is 0 Å². The fraction of sp³-hybridized carbons (Fsp3) is 0.611. The van der Waals surface area contributed by atoms with Gasteiger partial charge in [0.1, 0.15) is 5.75 Å². The summed E-state index contributed by atoms with van der Waals surface area (Å²) in [6.45, 7) is 6.60. The largest absolute Gasteiger partial charge is 0.497 e. The zero-order chi connectivity index (χ0) is 17.0. The monoisotopic (exact) mass is 319 g/mol. The van der Waals surface area contributed by atoms with E-state index in [9.17, 15) is 0 Å². The molecule has 0 aliphatic heterocycles. The van der Waals surface area contributed by atoms with Crippen molar-refractivity contribution in [3.63, 3.8) is 0 Å². The van der Waals surface area contributed by atoms with Crippen LogP contribution in [0.5, 0.6) is 5.75 Å². The first-order chi connectivity index (χ1) is 11.0. The van der Waals surface area contributed by atoms with E-state index in [1.807, 2.05) is 24.3 Å². The predicted octanol–water partition coefficient (Wildman–Crippen LogP) is 3.26. The summed E-state index contributed by atoms with van der Waals surface area (Å²) in [5.74, 6) is 1.64. The van der Waals surface area contributed by atoms with Gasteiger partial charge in [-0.3, -0.25) is 0 Å². The van der Waals surface area contributed by atoms with E-state index in [0.717, 1.165) is 24.3 Å². The zero-order valence-electron chi connectivity index (χ0n) is 14.8. The van der Waals surface area contributed by atoms with Crippen molar-refractivity contribution in [1.29, 1.82) is 0 Å². The third kappa shape index (κ3) is 3.15. The topological polar surface area (TPSA) is 68.9 Å². The van der Waals surface area contributed by atoms with Gasteiger partial charge in [0.25, 0.3) is 0 Å². The van der Waals surface area contributed by atoms with Crippen molar-refractivity contribution in [3.05, 3.63) is 24.3 Å². The van der Waals surface area contributed by atoms with Crippen molar-refractivity contribution in [2.45, 2.75) is 45.8 Å². The molecule has 3 N–H and O–H groups in total. The van der Waals surface area contributed by atoms with Gasteiger partial charge < -0.3 is 20.5 Å². The second-order valence-electron chi connectivity index (χ2n) is 6.27. The van der Waals surface area contributed by atoms with E-state index in [1.54, 1.807) is 14.2 Å². The molecule has 1 fully saturated rings. The van der Waals surface area contributed by atoms with Crippen molar-refractivity contribution in [2.24, 2.45) is 22.1 Å². The normalized spacial score (nSPS) is 26.5. The highest BCUT2D eigenvalue weighted by Gasteiger charge is 2.58. The molecule has 0 bridgehead atoms. The average Bonchev–Trinajstić information content (AvgIpc) is 2.57. The Kier molecular flexibility index (Phi) is 5.52. The van der Waals surface area contributed by atoms with Crippen LogP contribution < -0.4 is 15.8 Å². The maximum absolute atomic E-state index is 6.13. The molecule has 1 saturated carbocycles. The Bertz CT molecular complexity index is 538. The number of methoxy groups -OCH3 is 2. The summed E-state index contributed by atoms with van der Waals surface area (Å²) < 4.78 is 10.9. The highest BCUT2D eigenvalue weighted by Crippen LogP contribution is 2.54. The van der Waals surface area contributed by atoms with Gasteiger partial charge in [-0.15, -0.1) is 0 Å². The van der Waals surface area contributed by atoms with Crippen LogP contribution in [0.1, 0.15) is 33.6 Å². The lowest BCUT2D eigenvalue weighted by Gasteiger charge is -2.57. The van der Waals surface area contributed by atoms with Crippen LogP contribution >= 0.6 is 0 Å². The van der Waals surface area contributed by atoms with Crippen LogP contribution in [-0.2, 0) is 4.74 Å². The van der Waals surface area contributed by atoms with Crippen molar-refractivity contribution in [3.8, 4) is 5.75 Å². The molecule has 23 heavy (non-hydrogen) atoms. The third-order valence-electron chi connectivity index (χ3n) is 5.34. The smallest absolute Gasteiger partial charge is 0.193 e. The molecule has 5 nitrogen and oxygen atoms in total. The number of hydrogen-bond acceptors (Lipinski definition) is 3. The third-order valence-corrected chi connectivity index (χ3v) is 5.34. The molecule has 0 spiro atoms. The Morgan fingerprint density at radius 3 is 2.30 bits per heavy atom. The van der Waals surface area contributed by atoms with Gasteiger partial charge in [-0.1, -0.05) is 20.8 Å². The van der Waals surface area contributed by atoms with Crippen LogP contribution in [0.4, 0.5) is 5.69 Å². The average molecular weight is 319 g/mol. The van der Waals surface area contributed by atoms with Crippen molar-refractivity contribution >= 4 is 11.6 Å². The Morgan fingerprint density at radius 2 is 1.83 bits per heavy atom. The fourth-order valence-electron chi connectivity index (χ4n) is 4.03. The fourth-order valence-corrected chi connectivity index (χ4v) is 4.03. The minimum absolute atomic E-state index is 0.0837. The van der Waals surface area contributed by atoms with Gasteiger partial charge in [0, 0.05) is 24.1 Å². The number of rotatable bonds is 6. The first-order valence-electron chi connectivity index (χ1n) is 8.29. The molecule has 1 aromatic carbocycles. The van der Waals surface area contributed by atoms with Crippen molar-refractivity contribution < 1.29 is 9.47 Å². The molecule has 0 amide bonds. The molecule has 5 heteroatoms. The number of anilines is 1. The SMILES string of the molecule is CCC1(CC)C(N=C(N)Nc2ccc(OC)cc2)C(C)C1OC. The van der Waals surface area contributed by atoms with Gasteiger partial charge in [-0.2, -0.15) is 0 Å². The Hall–Kier alpha value is -1.75. The lowest BCUT2D eigenvalue weighted by atomic mass is 9.53. The summed E-state index contributed by atoms with van der Waals surface area (Å²) in [5.41, 5.74) is 7.12. The van der Waals surface area contributed by atoms with E-state index in [-0.39, 0.29) is 17.6 Å². The van der Waals surface area contributed by atoms with E-state index in [4.69, 9.17) is 20.2 Å². The quantitative estimate of drug-likeness (QED) is 0.624. The number of nitrogens with zero attached hydrogens (tertiary/aromatic N) is 1. The standard InChI is InChI=1S/C18H29N3O2/c1-6-18(7-2)15(12(3)16(18)23-5)21-17(19)20-13-8-10-14(22-4)11-9-13/h8-12,15-16H,6-7H2,1-5H3,(H3,19,20,21). The van der Waals surface area contributed by atoms with Crippen LogP contribution in [0, 0.1) is 11.3 Å². The summed E-state index contributed by atoms with van der Waals surface area (Å²) in [4.78, 5) is 4.77. The van der Waals surface area contributed by atoms with Gasteiger partial charge in [0.05, 0.1) is 19.3 Å². The first-order valence-corrected chi connectivity index (χ1v) is 8.29. The summed E-state index contributed by atoms with van der Waals surface area (Å²) in [6.07, 6.45) is 2.33. The highest BCUT2D eigenvalue weighted by molar-refractivity contribution is 5.92. The molecule has 1 aromatic rings. The summed E-state index contributed by atoms with van der Waals surface area (Å²) in [7, 11) is 3.44. The number of benzene rings is 1. The molecular weight excluding hydrogens is 290 g/mol. The second kappa shape index (κ2) is 7.21. The molecular formula is C18H29N3O2. The molecule has 1 aliphatic carbocycles. The van der Waals surface area contributed by atoms with Crippen LogP contribution in [0.25, 0.3) is 0 Å². The Balaban J connectivity index is 2.12. The van der Waals surface area contributed by atoms with Crippen LogP contribution in [0.3, 0.4) is 0 Å². The number of ether oxygens (including phenoxy) is 2. The molecule has 0 heterocycles. The summed E-state index contributed by atoms with van der Waals surface area (Å²) >= 11 is 0. The Labute approximate surface area is 139 Å². The van der Waals surface area contributed by atoms with Crippen molar-refractivity contribution in [2.75, 3.05) is 19.5 Å². The first kappa shape index (κ1) is 17.6. The number of hydrogen-bond donors (Lipinski definition) is 2. The van der Waals surface area contributed by atoms with E-state index in [2.05, 4.69) is 26.1 Å². The van der Waals surface area contributed by atoms with Crippen molar-refractivity contribution in [1.82, 2.24) is 0 Å². The minimum atomic E-state index is 0.0837. The number of aliphatic imine (C=N–C) groups is 1. The minimum Gasteiger partial charge on any atom is -0.497 e.